The van der Waals surface area contributed by atoms with E-state index < -0.39 is 0 Å². The van der Waals surface area contributed by atoms with Gasteiger partial charge in [0.15, 0.2) is 0 Å². The first-order valence-electron chi connectivity index (χ1n) is 7.14. The van der Waals surface area contributed by atoms with Crippen LogP contribution in [-0.4, -0.2) is 30.1 Å². The molecule has 0 bridgehead atoms. The molecule has 1 aliphatic rings. The lowest BCUT2D eigenvalue weighted by molar-refractivity contribution is 0.283. The maximum atomic E-state index is 9.32. The quantitative estimate of drug-likeness (QED) is 0.754. The van der Waals surface area contributed by atoms with Crippen LogP contribution in [0.5, 0.6) is 0 Å². The molecule has 1 saturated carbocycles. The number of thioether (sulfide) groups is 1. The summed E-state index contributed by atoms with van der Waals surface area (Å²) in [7, 11) is 0. The van der Waals surface area contributed by atoms with E-state index in [9.17, 15) is 5.11 Å². The van der Waals surface area contributed by atoms with Crippen molar-refractivity contribution < 1.29 is 5.11 Å². The Balaban J connectivity index is 2.31. The molecule has 0 atom stereocenters. The van der Waals surface area contributed by atoms with Crippen LogP contribution in [0.3, 0.4) is 0 Å². The number of nitrogens with zero attached hydrogens (tertiary/aromatic N) is 1. The lowest BCUT2D eigenvalue weighted by Gasteiger charge is -2.40. The van der Waals surface area contributed by atoms with Crippen molar-refractivity contribution in [2.75, 3.05) is 23.8 Å². The van der Waals surface area contributed by atoms with Gasteiger partial charge in [-0.25, -0.2) is 0 Å². The van der Waals surface area contributed by atoms with Gasteiger partial charge in [0.05, 0.1) is 6.61 Å². The summed E-state index contributed by atoms with van der Waals surface area (Å²) in [5, 5.41) is 9.32. The van der Waals surface area contributed by atoms with Crippen molar-refractivity contribution in [2.24, 2.45) is 5.73 Å². The maximum absolute atomic E-state index is 9.32. The van der Waals surface area contributed by atoms with Crippen LogP contribution in [0.4, 0.5) is 5.69 Å². The molecule has 0 spiro atoms. The third-order valence-corrected chi connectivity index (χ3v) is 4.76. The monoisotopic (exact) mass is 280 g/mol. The molecule has 1 aliphatic carbocycles. The van der Waals surface area contributed by atoms with E-state index in [1.165, 1.54) is 35.4 Å². The van der Waals surface area contributed by atoms with Crippen LogP contribution < -0.4 is 10.6 Å². The summed E-state index contributed by atoms with van der Waals surface area (Å²) in [4.78, 5) is 3.63. The molecule has 0 heterocycles. The third kappa shape index (κ3) is 3.25. The van der Waals surface area contributed by atoms with E-state index in [0.717, 1.165) is 5.75 Å². The van der Waals surface area contributed by atoms with Crippen LogP contribution in [0, 0.1) is 0 Å². The van der Waals surface area contributed by atoms with Crippen LogP contribution >= 0.6 is 11.8 Å². The Kier molecular flexibility index (Phi) is 5.55. The number of hydrogen-bond acceptors (Lipinski definition) is 4. The lowest BCUT2D eigenvalue weighted by Crippen LogP contribution is -2.42. The molecule has 2 rings (SSSR count). The highest BCUT2D eigenvalue weighted by Crippen LogP contribution is 2.35. The predicted molar refractivity (Wildman–Crippen MR) is 82.8 cm³/mol. The zero-order valence-corrected chi connectivity index (χ0v) is 12.5. The van der Waals surface area contributed by atoms with Crippen molar-refractivity contribution in [2.45, 2.75) is 43.7 Å². The Morgan fingerprint density at radius 3 is 2.74 bits per heavy atom. The van der Waals surface area contributed by atoms with Gasteiger partial charge in [0.1, 0.15) is 0 Å². The Bertz CT molecular complexity index is 407. The van der Waals surface area contributed by atoms with Gasteiger partial charge < -0.3 is 15.7 Å². The molecule has 106 valence electrons. The van der Waals surface area contributed by atoms with Crippen molar-refractivity contribution in [3.05, 3.63) is 23.8 Å². The Labute approximate surface area is 120 Å². The average Bonchev–Trinajstić information content (AvgIpc) is 2.36. The summed E-state index contributed by atoms with van der Waals surface area (Å²) >= 11 is 1.84. The van der Waals surface area contributed by atoms with Gasteiger partial charge in [-0.1, -0.05) is 13.0 Å². The Morgan fingerprint density at radius 2 is 2.21 bits per heavy atom. The van der Waals surface area contributed by atoms with Crippen LogP contribution in [0.15, 0.2) is 23.1 Å². The van der Waals surface area contributed by atoms with Crippen LogP contribution in [0.2, 0.25) is 0 Å². The highest BCUT2D eigenvalue weighted by atomic mass is 32.2. The number of anilines is 1. The van der Waals surface area contributed by atoms with E-state index in [1.807, 2.05) is 11.8 Å². The van der Waals surface area contributed by atoms with Crippen molar-refractivity contribution in [1.29, 1.82) is 0 Å². The zero-order chi connectivity index (χ0) is 13.7. The number of hydrogen-bond donors (Lipinski definition) is 2. The molecule has 0 aromatic heterocycles. The van der Waals surface area contributed by atoms with Gasteiger partial charge in [0.2, 0.25) is 0 Å². The number of aliphatic hydroxyl groups excluding tert-OH is 1. The molecular formula is C15H24N2OS. The number of nitrogens with two attached hydrogens (primary N) is 1. The average molecular weight is 280 g/mol. The Hall–Kier alpha value is -0.710. The zero-order valence-electron chi connectivity index (χ0n) is 11.6. The van der Waals surface area contributed by atoms with E-state index in [1.54, 1.807) is 0 Å². The fourth-order valence-electron chi connectivity index (χ4n) is 2.62. The second-order valence-electron chi connectivity index (χ2n) is 4.89. The van der Waals surface area contributed by atoms with Gasteiger partial charge in [0, 0.05) is 35.3 Å². The van der Waals surface area contributed by atoms with Gasteiger partial charge in [0.25, 0.3) is 0 Å². The maximum Gasteiger partial charge on any atom is 0.0606 e. The van der Waals surface area contributed by atoms with E-state index in [4.69, 9.17) is 5.73 Å². The Morgan fingerprint density at radius 1 is 1.42 bits per heavy atom. The normalized spacial score (nSPS) is 15.3. The van der Waals surface area contributed by atoms with Gasteiger partial charge in [-0.2, -0.15) is 0 Å². The smallest absolute Gasteiger partial charge is 0.0606 e. The first-order chi connectivity index (χ1) is 9.31. The van der Waals surface area contributed by atoms with Gasteiger partial charge in [-0.05, 0) is 37.1 Å². The molecule has 3 nitrogen and oxygen atoms in total. The third-order valence-electron chi connectivity index (χ3n) is 3.78. The highest BCUT2D eigenvalue weighted by molar-refractivity contribution is 7.99. The van der Waals surface area contributed by atoms with Crippen LogP contribution in [0.25, 0.3) is 0 Å². The molecule has 1 aromatic carbocycles. The standard InChI is InChI=1S/C15H24N2OS/c1-2-19-15-8-4-7-14(13(15)11-16)17(9-10-18)12-5-3-6-12/h4,7-8,12,18H,2-3,5-6,9-11,16H2,1H3. The van der Waals surface area contributed by atoms with Crippen molar-refractivity contribution in [3.63, 3.8) is 0 Å². The highest BCUT2D eigenvalue weighted by Gasteiger charge is 2.26. The molecule has 4 heteroatoms. The summed E-state index contributed by atoms with van der Waals surface area (Å²) in [6.45, 7) is 3.63. The summed E-state index contributed by atoms with van der Waals surface area (Å²) in [5.41, 5.74) is 8.43. The predicted octanol–water partition coefficient (Wildman–Crippen LogP) is 2.61. The molecule has 3 N–H and O–H groups in total. The SMILES string of the molecule is CCSc1cccc(N(CCO)C2CCC2)c1CN. The first kappa shape index (κ1) is 14.7. The van der Waals surface area contributed by atoms with Crippen LogP contribution in [-0.2, 0) is 6.54 Å². The molecule has 0 aliphatic heterocycles. The molecule has 19 heavy (non-hydrogen) atoms. The molecular weight excluding hydrogens is 256 g/mol. The van der Waals surface area contributed by atoms with Crippen molar-refractivity contribution in [3.8, 4) is 0 Å². The van der Waals surface area contributed by atoms with Crippen LogP contribution in [0.1, 0.15) is 31.7 Å². The fourth-order valence-corrected chi connectivity index (χ4v) is 3.47. The minimum Gasteiger partial charge on any atom is -0.395 e. The summed E-state index contributed by atoms with van der Waals surface area (Å²) in [5.74, 6) is 1.06. The lowest BCUT2D eigenvalue weighted by atomic mass is 9.90. The van der Waals surface area contributed by atoms with Crippen molar-refractivity contribution >= 4 is 17.4 Å². The minimum atomic E-state index is 0.200. The second kappa shape index (κ2) is 7.17. The van der Waals surface area contributed by atoms with E-state index in [2.05, 4.69) is 30.0 Å². The van der Waals surface area contributed by atoms with Gasteiger partial charge in [-0.3, -0.25) is 0 Å². The van der Waals surface area contributed by atoms with Crippen molar-refractivity contribution in [1.82, 2.24) is 0 Å². The molecule has 1 fully saturated rings. The number of benzene rings is 1. The van der Waals surface area contributed by atoms with E-state index in [-0.39, 0.29) is 6.61 Å². The molecule has 0 unspecified atom stereocenters. The van der Waals surface area contributed by atoms with E-state index >= 15 is 0 Å². The van der Waals surface area contributed by atoms with Gasteiger partial charge in [-0.15, -0.1) is 11.8 Å². The van der Waals surface area contributed by atoms with Gasteiger partial charge >= 0.3 is 0 Å². The molecule has 0 amide bonds. The largest absolute Gasteiger partial charge is 0.395 e. The fraction of sp³-hybridized carbons (Fsp3) is 0.600. The summed E-state index contributed by atoms with van der Waals surface area (Å²) in [6.07, 6.45) is 3.76. The molecule has 0 radical (unpaired) electrons. The molecule has 1 aromatic rings. The summed E-state index contributed by atoms with van der Waals surface area (Å²) < 4.78 is 0. The topological polar surface area (TPSA) is 49.5 Å². The summed E-state index contributed by atoms with van der Waals surface area (Å²) in [6, 6.07) is 6.99. The first-order valence-corrected chi connectivity index (χ1v) is 8.12. The second-order valence-corrected chi connectivity index (χ2v) is 6.20. The minimum absolute atomic E-state index is 0.200. The number of rotatable bonds is 7. The molecule has 0 saturated heterocycles. The van der Waals surface area contributed by atoms with E-state index in [0.29, 0.717) is 19.1 Å². The number of aliphatic hydroxyl groups is 1.